The third kappa shape index (κ3) is 5.04. The number of sulfone groups is 1. The van der Waals surface area contributed by atoms with E-state index in [1.807, 2.05) is 19.0 Å². The molecule has 0 aliphatic carbocycles. The van der Waals surface area contributed by atoms with Gasteiger partial charge in [0, 0.05) is 26.2 Å². The SMILES string of the molecule is COc1cccc(OC)c1S(=O)(=O)C1CCCN(C(=O)NCCN(C)C)C1. The Morgan fingerprint density at radius 2 is 1.89 bits per heavy atom. The Bertz CT molecular complexity index is 729. The zero-order valence-electron chi connectivity index (χ0n) is 16.4. The van der Waals surface area contributed by atoms with Crippen LogP contribution >= 0.6 is 0 Å². The van der Waals surface area contributed by atoms with Crippen LogP contribution in [0, 0.1) is 0 Å². The van der Waals surface area contributed by atoms with Crippen LogP contribution in [0.5, 0.6) is 11.5 Å². The van der Waals surface area contributed by atoms with Crippen LogP contribution in [0.1, 0.15) is 12.8 Å². The highest BCUT2D eigenvalue weighted by atomic mass is 32.2. The first-order valence-electron chi connectivity index (χ1n) is 8.93. The molecule has 0 spiro atoms. The van der Waals surface area contributed by atoms with Crippen molar-refractivity contribution in [3.05, 3.63) is 18.2 Å². The Morgan fingerprint density at radius 3 is 2.44 bits per heavy atom. The molecule has 27 heavy (non-hydrogen) atoms. The van der Waals surface area contributed by atoms with E-state index in [9.17, 15) is 13.2 Å². The second-order valence-electron chi connectivity index (χ2n) is 6.78. The predicted octanol–water partition coefficient (Wildman–Crippen LogP) is 1.21. The minimum atomic E-state index is -3.73. The highest BCUT2D eigenvalue weighted by Gasteiger charge is 2.37. The fourth-order valence-corrected chi connectivity index (χ4v) is 5.19. The third-order valence-corrected chi connectivity index (χ3v) is 6.84. The van der Waals surface area contributed by atoms with Crippen LogP contribution in [0.4, 0.5) is 4.79 Å². The Balaban J connectivity index is 2.19. The maximum atomic E-state index is 13.3. The van der Waals surface area contributed by atoms with Crippen LogP contribution in [0.25, 0.3) is 0 Å². The summed E-state index contributed by atoms with van der Waals surface area (Å²) in [5.74, 6) is 0.504. The molecule has 2 amide bonds. The predicted molar refractivity (Wildman–Crippen MR) is 103 cm³/mol. The molecule has 1 fully saturated rings. The van der Waals surface area contributed by atoms with Gasteiger partial charge >= 0.3 is 6.03 Å². The van der Waals surface area contributed by atoms with Gasteiger partial charge in [0.25, 0.3) is 0 Å². The molecule has 9 heteroatoms. The lowest BCUT2D eigenvalue weighted by atomic mass is 10.1. The van der Waals surface area contributed by atoms with Gasteiger partial charge in [0.1, 0.15) is 11.5 Å². The molecule has 0 saturated carbocycles. The van der Waals surface area contributed by atoms with Crippen LogP contribution in [0.15, 0.2) is 23.1 Å². The zero-order valence-corrected chi connectivity index (χ0v) is 17.2. The van der Waals surface area contributed by atoms with E-state index < -0.39 is 15.1 Å². The number of hydrogen-bond donors (Lipinski definition) is 1. The maximum absolute atomic E-state index is 13.3. The molecule has 0 bridgehead atoms. The van der Waals surface area contributed by atoms with Crippen LogP contribution in [0.2, 0.25) is 0 Å². The minimum absolute atomic E-state index is 0.0508. The number of ether oxygens (including phenoxy) is 2. The summed E-state index contributed by atoms with van der Waals surface area (Å²) in [6.45, 7) is 1.93. The normalized spacial score (nSPS) is 17.7. The molecule has 1 N–H and O–H groups in total. The molecule has 2 rings (SSSR count). The summed E-state index contributed by atoms with van der Waals surface area (Å²) in [4.78, 5) is 16.0. The number of carbonyl (C=O) groups is 1. The van der Waals surface area contributed by atoms with Crippen LogP contribution < -0.4 is 14.8 Å². The molecule has 1 unspecified atom stereocenters. The third-order valence-electron chi connectivity index (χ3n) is 4.61. The minimum Gasteiger partial charge on any atom is -0.495 e. The van der Waals surface area contributed by atoms with Gasteiger partial charge in [-0.15, -0.1) is 0 Å². The van der Waals surface area contributed by atoms with Gasteiger partial charge in [-0.25, -0.2) is 13.2 Å². The van der Waals surface area contributed by atoms with E-state index in [2.05, 4.69) is 5.32 Å². The van der Waals surface area contributed by atoms with Crippen molar-refractivity contribution in [1.29, 1.82) is 0 Å². The molecule has 1 aromatic rings. The van der Waals surface area contributed by atoms with E-state index in [0.29, 0.717) is 25.9 Å². The fourth-order valence-electron chi connectivity index (χ4n) is 3.14. The molecular formula is C18H29N3O5S. The van der Waals surface area contributed by atoms with Crippen molar-refractivity contribution in [3.8, 4) is 11.5 Å². The first kappa shape index (κ1) is 21.3. The molecule has 152 valence electrons. The van der Waals surface area contributed by atoms with E-state index in [1.54, 1.807) is 23.1 Å². The Labute approximate surface area is 161 Å². The van der Waals surface area contributed by atoms with Gasteiger partial charge in [-0.1, -0.05) is 6.07 Å². The number of nitrogens with zero attached hydrogens (tertiary/aromatic N) is 2. The van der Waals surface area contributed by atoms with Crippen LogP contribution in [-0.4, -0.2) is 84.0 Å². The number of likely N-dealkylation sites (N-methyl/N-ethyl adjacent to an activating group) is 1. The molecule has 1 aliphatic heterocycles. The summed E-state index contributed by atoms with van der Waals surface area (Å²) < 4.78 is 37.1. The number of likely N-dealkylation sites (tertiary alicyclic amines) is 1. The summed E-state index contributed by atoms with van der Waals surface area (Å²) in [6.07, 6.45) is 1.12. The fraction of sp³-hybridized carbons (Fsp3) is 0.611. The van der Waals surface area contributed by atoms with Gasteiger partial charge in [-0.2, -0.15) is 0 Å². The summed E-state index contributed by atoms with van der Waals surface area (Å²) in [6, 6.07) is 4.65. The lowest BCUT2D eigenvalue weighted by molar-refractivity contribution is 0.186. The average Bonchev–Trinajstić information content (AvgIpc) is 2.66. The summed E-state index contributed by atoms with van der Waals surface area (Å²) in [5.41, 5.74) is 0. The molecule has 8 nitrogen and oxygen atoms in total. The number of piperidine rings is 1. The first-order valence-corrected chi connectivity index (χ1v) is 10.5. The van der Waals surface area contributed by atoms with E-state index in [4.69, 9.17) is 9.47 Å². The van der Waals surface area contributed by atoms with Crippen molar-refractivity contribution in [2.75, 3.05) is 54.5 Å². The Hall–Kier alpha value is -2.00. The summed E-state index contributed by atoms with van der Waals surface area (Å²) in [7, 11) is 2.99. The number of hydrogen-bond acceptors (Lipinski definition) is 6. The molecule has 1 aromatic carbocycles. The van der Waals surface area contributed by atoms with Gasteiger partial charge in [0.05, 0.1) is 19.5 Å². The molecule has 0 radical (unpaired) electrons. The van der Waals surface area contributed by atoms with Crippen molar-refractivity contribution in [3.63, 3.8) is 0 Å². The molecule has 1 heterocycles. The average molecular weight is 400 g/mol. The second kappa shape index (κ2) is 9.27. The number of carbonyl (C=O) groups excluding carboxylic acids is 1. The zero-order chi connectivity index (χ0) is 20.0. The van der Waals surface area contributed by atoms with E-state index in [-0.39, 0.29) is 29.0 Å². The van der Waals surface area contributed by atoms with Crippen LogP contribution in [0.3, 0.4) is 0 Å². The van der Waals surface area contributed by atoms with Crippen LogP contribution in [-0.2, 0) is 9.84 Å². The lowest BCUT2D eigenvalue weighted by Crippen LogP contribution is -2.50. The van der Waals surface area contributed by atoms with E-state index >= 15 is 0 Å². The summed E-state index contributed by atoms with van der Waals surface area (Å²) >= 11 is 0. The van der Waals surface area contributed by atoms with Crippen molar-refractivity contribution in [2.24, 2.45) is 0 Å². The van der Waals surface area contributed by atoms with Gasteiger partial charge in [-0.3, -0.25) is 0 Å². The Kier molecular flexibility index (Phi) is 7.32. The smallest absolute Gasteiger partial charge is 0.317 e. The van der Waals surface area contributed by atoms with Gasteiger partial charge in [-0.05, 0) is 39.1 Å². The van der Waals surface area contributed by atoms with E-state index in [1.165, 1.54) is 14.2 Å². The largest absolute Gasteiger partial charge is 0.495 e. The van der Waals surface area contributed by atoms with Crippen molar-refractivity contribution in [1.82, 2.24) is 15.1 Å². The monoisotopic (exact) mass is 399 g/mol. The molecule has 1 aliphatic rings. The maximum Gasteiger partial charge on any atom is 0.317 e. The van der Waals surface area contributed by atoms with Crippen molar-refractivity contribution >= 4 is 15.9 Å². The molecule has 1 atom stereocenters. The van der Waals surface area contributed by atoms with Gasteiger partial charge < -0.3 is 24.6 Å². The quantitative estimate of drug-likeness (QED) is 0.742. The highest BCUT2D eigenvalue weighted by molar-refractivity contribution is 7.92. The topological polar surface area (TPSA) is 88.2 Å². The Morgan fingerprint density at radius 1 is 1.26 bits per heavy atom. The number of amides is 2. The number of nitrogens with one attached hydrogen (secondary N) is 1. The number of benzene rings is 1. The standard InChI is InChI=1S/C18H29N3O5S/c1-20(2)12-10-19-18(22)21-11-6-7-14(13-21)27(23,24)17-15(25-3)8-5-9-16(17)26-4/h5,8-9,14H,6-7,10-13H2,1-4H3,(H,19,22). The second-order valence-corrected chi connectivity index (χ2v) is 8.95. The van der Waals surface area contributed by atoms with Gasteiger partial charge in [0.15, 0.2) is 14.7 Å². The van der Waals surface area contributed by atoms with Crippen molar-refractivity contribution in [2.45, 2.75) is 23.0 Å². The lowest BCUT2D eigenvalue weighted by Gasteiger charge is -2.33. The number of rotatable bonds is 7. The van der Waals surface area contributed by atoms with Gasteiger partial charge in [0.2, 0.25) is 0 Å². The number of methoxy groups -OCH3 is 2. The molecular weight excluding hydrogens is 370 g/mol. The first-order chi connectivity index (χ1) is 12.8. The molecule has 0 aromatic heterocycles. The highest BCUT2D eigenvalue weighted by Crippen LogP contribution is 2.37. The molecule has 1 saturated heterocycles. The van der Waals surface area contributed by atoms with E-state index in [0.717, 1.165) is 6.54 Å². The summed E-state index contributed by atoms with van der Waals surface area (Å²) in [5, 5.41) is 2.14. The number of urea groups is 1. The van der Waals surface area contributed by atoms with Crippen molar-refractivity contribution < 1.29 is 22.7 Å².